The van der Waals surface area contributed by atoms with Crippen LogP contribution in [0.2, 0.25) is 0 Å². The minimum Gasteiger partial charge on any atom is -0.467 e. The van der Waals surface area contributed by atoms with Crippen LogP contribution in [0.3, 0.4) is 0 Å². The van der Waals surface area contributed by atoms with E-state index < -0.39 is 43.9 Å². The van der Waals surface area contributed by atoms with Crippen molar-refractivity contribution in [3.05, 3.63) is 66.2 Å². The SMILES string of the molecule is COC(=O)[C@H](CCS(C)(=O)=O)Nc1ccc(NS(=O)(=O)c2ccc([C@H](OC)C(=O)OC)cc2)c2ccccc12. The number of ether oxygens (including phenoxy) is 3. The molecule has 0 radical (unpaired) electrons. The summed E-state index contributed by atoms with van der Waals surface area (Å²) >= 11 is 0. The molecule has 0 saturated heterocycles. The molecule has 3 rings (SSSR count). The molecular weight excluding hydrogens is 548 g/mol. The zero-order valence-corrected chi connectivity index (χ0v) is 23.5. The van der Waals surface area contributed by atoms with Crippen LogP contribution in [0.4, 0.5) is 11.4 Å². The van der Waals surface area contributed by atoms with Crippen LogP contribution < -0.4 is 10.0 Å². The Morgan fingerprint density at radius 1 is 0.795 bits per heavy atom. The number of hydrogen-bond donors (Lipinski definition) is 2. The first kappa shape index (κ1) is 29.9. The Morgan fingerprint density at radius 2 is 1.36 bits per heavy atom. The van der Waals surface area contributed by atoms with Crippen LogP contribution in [-0.4, -0.2) is 68.2 Å². The molecule has 0 bridgehead atoms. The Hall–Kier alpha value is -3.68. The molecule has 0 aromatic heterocycles. The molecule has 0 unspecified atom stereocenters. The molecule has 2 atom stereocenters. The highest BCUT2D eigenvalue weighted by atomic mass is 32.2. The van der Waals surface area contributed by atoms with Gasteiger partial charge in [-0.1, -0.05) is 36.4 Å². The maximum atomic E-state index is 13.2. The van der Waals surface area contributed by atoms with E-state index in [-0.39, 0.29) is 22.8 Å². The van der Waals surface area contributed by atoms with E-state index in [9.17, 15) is 26.4 Å². The van der Waals surface area contributed by atoms with Crippen LogP contribution >= 0.6 is 0 Å². The number of rotatable bonds is 12. The molecule has 0 saturated carbocycles. The second-order valence-electron chi connectivity index (χ2n) is 8.66. The summed E-state index contributed by atoms with van der Waals surface area (Å²) < 4.78 is 66.9. The zero-order chi connectivity index (χ0) is 28.8. The molecule has 0 spiro atoms. The summed E-state index contributed by atoms with van der Waals surface area (Å²) in [7, 11) is -3.56. The number of anilines is 2. The summed E-state index contributed by atoms with van der Waals surface area (Å²) in [6.07, 6.45) is 0.0830. The molecule has 210 valence electrons. The Bertz CT molecular complexity index is 1550. The minimum absolute atomic E-state index is 0.00981. The summed E-state index contributed by atoms with van der Waals surface area (Å²) in [6.45, 7) is 0. The molecule has 3 aromatic rings. The number of methoxy groups -OCH3 is 3. The van der Waals surface area contributed by atoms with Crippen molar-refractivity contribution in [2.75, 3.05) is 43.4 Å². The summed E-state index contributed by atoms with van der Waals surface area (Å²) in [4.78, 5) is 24.2. The standard InChI is InChI=1S/C26H30N2O9S2/c1-35-24(26(30)37-3)17-9-11-18(12-10-17)39(33,34)28-22-14-13-21(19-7-5-6-8-20(19)22)27-23(25(29)36-2)15-16-38(4,31)32/h5-14,23-24,27-28H,15-16H2,1-4H3/t23-,24-/m0/s1. The zero-order valence-electron chi connectivity index (χ0n) is 21.8. The van der Waals surface area contributed by atoms with Gasteiger partial charge in [-0.15, -0.1) is 0 Å². The van der Waals surface area contributed by atoms with E-state index in [4.69, 9.17) is 14.2 Å². The average molecular weight is 579 g/mol. The van der Waals surface area contributed by atoms with Crippen LogP contribution in [0.5, 0.6) is 0 Å². The Labute approximate surface area is 227 Å². The molecule has 2 N–H and O–H groups in total. The molecule has 11 nitrogen and oxygen atoms in total. The molecule has 3 aromatic carbocycles. The van der Waals surface area contributed by atoms with Crippen molar-refractivity contribution < 1.29 is 40.6 Å². The van der Waals surface area contributed by atoms with Crippen LogP contribution in [0.15, 0.2) is 65.6 Å². The fourth-order valence-corrected chi connectivity index (χ4v) is 5.67. The van der Waals surface area contributed by atoms with Gasteiger partial charge in [0.05, 0.1) is 30.6 Å². The first-order valence-electron chi connectivity index (χ1n) is 11.7. The molecule has 0 aliphatic heterocycles. The number of esters is 2. The van der Waals surface area contributed by atoms with Crippen LogP contribution in [0.25, 0.3) is 10.8 Å². The van der Waals surface area contributed by atoms with E-state index in [1.165, 1.54) is 45.6 Å². The molecule has 0 fully saturated rings. The lowest BCUT2D eigenvalue weighted by Crippen LogP contribution is -2.32. The second-order valence-corrected chi connectivity index (χ2v) is 12.6. The third kappa shape index (κ3) is 7.46. The van der Waals surface area contributed by atoms with Crippen molar-refractivity contribution in [2.24, 2.45) is 0 Å². The minimum atomic E-state index is -4.03. The second kappa shape index (κ2) is 12.5. The van der Waals surface area contributed by atoms with Gasteiger partial charge in [-0.25, -0.2) is 26.4 Å². The lowest BCUT2D eigenvalue weighted by molar-refractivity contribution is -0.152. The third-order valence-electron chi connectivity index (χ3n) is 5.91. The van der Waals surface area contributed by atoms with E-state index in [0.717, 1.165) is 6.26 Å². The van der Waals surface area contributed by atoms with Gasteiger partial charge in [0, 0.05) is 29.8 Å². The Kier molecular flexibility index (Phi) is 9.54. The van der Waals surface area contributed by atoms with Gasteiger partial charge in [0.25, 0.3) is 10.0 Å². The van der Waals surface area contributed by atoms with Crippen molar-refractivity contribution in [2.45, 2.75) is 23.5 Å². The number of sulfone groups is 1. The van der Waals surface area contributed by atoms with Crippen molar-refractivity contribution in [1.29, 1.82) is 0 Å². The number of carbonyl (C=O) groups excluding carboxylic acids is 2. The highest BCUT2D eigenvalue weighted by Gasteiger charge is 2.24. The van der Waals surface area contributed by atoms with Gasteiger partial charge in [-0.2, -0.15) is 0 Å². The molecule has 39 heavy (non-hydrogen) atoms. The fraction of sp³-hybridized carbons (Fsp3) is 0.308. The highest BCUT2D eigenvalue weighted by molar-refractivity contribution is 7.92. The van der Waals surface area contributed by atoms with E-state index in [1.54, 1.807) is 36.4 Å². The lowest BCUT2D eigenvalue weighted by atomic mass is 10.1. The monoisotopic (exact) mass is 578 g/mol. The van der Waals surface area contributed by atoms with Crippen molar-refractivity contribution in [3.63, 3.8) is 0 Å². The Morgan fingerprint density at radius 3 is 1.90 bits per heavy atom. The van der Waals surface area contributed by atoms with E-state index in [2.05, 4.69) is 10.0 Å². The van der Waals surface area contributed by atoms with Crippen molar-refractivity contribution >= 4 is 53.9 Å². The normalized spacial score (nSPS) is 13.3. The highest BCUT2D eigenvalue weighted by Crippen LogP contribution is 2.32. The smallest absolute Gasteiger partial charge is 0.339 e. The molecule has 0 heterocycles. The number of sulfonamides is 1. The van der Waals surface area contributed by atoms with Gasteiger partial charge in [-0.3, -0.25) is 4.72 Å². The topological polar surface area (TPSA) is 154 Å². The summed E-state index contributed by atoms with van der Waals surface area (Å²) in [5, 5.41) is 4.18. The lowest BCUT2D eigenvalue weighted by Gasteiger charge is -2.20. The summed E-state index contributed by atoms with van der Waals surface area (Å²) in [6, 6.07) is 14.8. The van der Waals surface area contributed by atoms with Crippen molar-refractivity contribution in [1.82, 2.24) is 0 Å². The first-order chi connectivity index (χ1) is 18.4. The predicted molar refractivity (Wildman–Crippen MR) is 147 cm³/mol. The quantitative estimate of drug-likeness (QED) is 0.307. The summed E-state index contributed by atoms with van der Waals surface area (Å²) in [5.41, 5.74) is 1.21. The fourth-order valence-electron chi connectivity index (χ4n) is 3.93. The predicted octanol–water partition coefficient (Wildman–Crippen LogP) is 2.89. The van der Waals surface area contributed by atoms with Gasteiger partial charge in [0.15, 0.2) is 6.10 Å². The van der Waals surface area contributed by atoms with Gasteiger partial charge < -0.3 is 19.5 Å². The summed E-state index contributed by atoms with van der Waals surface area (Å²) in [5.74, 6) is -1.46. The molecule has 0 aliphatic rings. The number of benzene rings is 3. The third-order valence-corrected chi connectivity index (χ3v) is 8.26. The van der Waals surface area contributed by atoms with Gasteiger partial charge in [0.1, 0.15) is 15.9 Å². The van der Waals surface area contributed by atoms with E-state index in [0.29, 0.717) is 22.0 Å². The number of carbonyl (C=O) groups is 2. The maximum absolute atomic E-state index is 13.2. The molecular formula is C26H30N2O9S2. The van der Waals surface area contributed by atoms with E-state index in [1.807, 2.05) is 0 Å². The van der Waals surface area contributed by atoms with Crippen LogP contribution in [0, 0.1) is 0 Å². The maximum Gasteiger partial charge on any atom is 0.339 e. The average Bonchev–Trinajstić information content (AvgIpc) is 2.91. The molecule has 0 amide bonds. The van der Waals surface area contributed by atoms with Crippen LogP contribution in [0.1, 0.15) is 18.1 Å². The number of hydrogen-bond acceptors (Lipinski definition) is 10. The first-order valence-corrected chi connectivity index (χ1v) is 15.2. The van der Waals surface area contributed by atoms with Gasteiger partial charge in [0.2, 0.25) is 0 Å². The van der Waals surface area contributed by atoms with Crippen LogP contribution in [-0.2, 0) is 43.7 Å². The largest absolute Gasteiger partial charge is 0.467 e. The number of fused-ring (bicyclic) bond motifs is 1. The van der Waals surface area contributed by atoms with E-state index >= 15 is 0 Å². The van der Waals surface area contributed by atoms with Gasteiger partial charge >= 0.3 is 11.9 Å². The Balaban J connectivity index is 1.91. The number of nitrogens with one attached hydrogen (secondary N) is 2. The van der Waals surface area contributed by atoms with Gasteiger partial charge in [-0.05, 0) is 36.2 Å². The molecule has 13 heteroatoms. The molecule has 0 aliphatic carbocycles. The van der Waals surface area contributed by atoms with Crippen molar-refractivity contribution in [3.8, 4) is 0 Å².